The highest BCUT2D eigenvalue weighted by molar-refractivity contribution is 7.89. The van der Waals surface area contributed by atoms with Gasteiger partial charge in [0.05, 0.1) is 5.75 Å². The maximum absolute atomic E-state index is 12.1. The van der Waals surface area contributed by atoms with Gasteiger partial charge < -0.3 is 0 Å². The smallest absolute Gasteiger partial charge is 0.214 e. The summed E-state index contributed by atoms with van der Waals surface area (Å²) in [6.45, 7) is 5.81. The molecule has 1 unspecified atom stereocenters. The van der Waals surface area contributed by atoms with E-state index in [9.17, 15) is 8.42 Å². The molecule has 2 fully saturated rings. The Hall–Kier alpha value is -0.130. The topological polar surface area (TPSA) is 40.6 Å². The molecule has 4 nitrogen and oxygen atoms in total. The van der Waals surface area contributed by atoms with Crippen LogP contribution in [0.3, 0.4) is 0 Å². The third-order valence-corrected chi connectivity index (χ3v) is 5.86. The molecule has 0 aromatic heterocycles. The fourth-order valence-corrected chi connectivity index (χ4v) is 4.52. The first kappa shape index (κ1) is 13.3. The van der Waals surface area contributed by atoms with Crippen LogP contribution in [0.1, 0.15) is 39.0 Å². The van der Waals surface area contributed by atoms with Crippen molar-refractivity contribution in [3.63, 3.8) is 0 Å². The van der Waals surface area contributed by atoms with E-state index >= 15 is 0 Å². The molecule has 0 aliphatic carbocycles. The number of unbranched alkanes of at least 4 members (excludes halogenated alkanes) is 1. The van der Waals surface area contributed by atoms with Crippen LogP contribution in [-0.2, 0) is 10.0 Å². The first-order chi connectivity index (χ1) is 8.13. The van der Waals surface area contributed by atoms with Crippen LogP contribution in [0, 0.1) is 0 Å². The maximum Gasteiger partial charge on any atom is 0.214 e. The summed E-state index contributed by atoms with van der Waals surface area (Å²) in [6.07, 6.45) is 5.30. The molecule has 5 heteroatoms. The number of sulfonamides is 1. The Labute approximate surface area is 105 Å². The summed E-state index contributed by atoms with van der Waals surface area (Å²) >= 11 is 0. The summed E-state index contributed by atoms with van der Waals surface area (Å²) in [7, 11) is -2.98. The van der Waals surface area contributed by atoms with E-state index in [1.807, 2.05) is 6.92 Å². The molecule has 0 radical (unpaired) electrons. The van der Waals surface area contributed by atoms with Crippen LogP contribution in [0.15, 0.2) is 0 Å². The van der Waals surface area contributed by atoms with Crippen molar-refractivity contribution in [3.8, 4) is 0 Å². The summed E-state index contributed by atoms with van der Waals surface area (Å²) in [5.74, 6) is 0.330. The Bertz CT molecular complexity index is 336. The lowest BCUT2D eigenvalue weighted by molar-refractivity contribution is 0.251. The zero-order valence-corrected chi connectivity index (χ0v) is 11.6. The van der Waals surface area contributed by atoms with Gasteiger partial charge in [0.25, 0.3) is 0 Å². The van der Waals surface area contributed by atoms with Crippen molar-refractivity contribution in [1.82, 2.24) is 9.21 Å². The van der Waals surface area contributed by atoms with Crippen molar-refractivity contribution in [2.45, 2.75) is 45.1 Å². The van der Waals surface area contributed by atoms with E-state index in [1.165, 1.54) is 12.8 Å². The van der Waals surface area contributed by atoms with Crippen molar-refractivity contribution in [3.05, 3.63) is 0 Å². The van der Waals surface area contributed by atoms with Crippen LogP contribution in [0.25, 0.3) is 0 Å². The highest BCUT2D eigenvalue weighted by atomic mass is 32.2. The minimum Gasteiger partial charge on any atom is -0.299 e. The summed E-state index contributed by atoms with van der Waals surface area (Å²) in [4.78, 5) is 2.47. The largest absolute Gasteiger partial charge is 0.299 e. The lowest BCUT2D eigenvalue weighted by atomic mass is 10.2. The van der Waals surface area contributed by atoms with Crippen molar-refractivity contribution in [2.24, 2.45) is 0 Å². The highest BCUT2D eigenvalue weighted by Gasteiger charge is 2.34. The molecule has 0 N–H and O–H groups in total. The minimum absolute atomic E-state index is 0.330. The quantitative estimate of drug-likeness (QED) is 0.748. The molecule has 1 atom stereocenters. The van der Waals surface area contributed by atoms with Gasteiger partial charge >= 0.3 is 0 Å². The summed E-state index contributed by atoms with van der Waals surface area (Å²) in [5.41, 5.74) is 0. The number of likely N-dealkylation sites (tertiary alicyclic amines) is 1. The second-order valence-electron chi connectivity index (χ2n) is 5.21. The average molecular weight is 260 g/mol. The molecule has 0 saturated carbocycles. The Balaban J connectivity index is 1.88. The molecule has 2 aliphatic rings. The Morgan fingerprint density at radius 2 is 1.88 bits per heavy atom. The van der Waals surface area contributed by atoms with Gasteiger partial charge in [0, 0.05) is 19.1 Å². The Morgan fingerprint density at radius 3 is 2.53 bits per heavy atom. The average Bonchev–Trinajstić information content (AvgIpc) is 2.95. The number of hydrogen-bond acceptors (Lipinski definition) is 3. The van der Waals surface area contributed by atoms with Crippen LogP contribution in [0.4, 0.5) is 0 Å². The first-order valence-electron chi connectivity index (χ1n) is 6.85. The van der Waals surface area contributed by atoms with Crippen molar-refractivity contribution >= 4 is 10.0 Å². The molecule has 0 spiro atoms. The summed E-state index contributed by atoms with van der Waals surface area (Å²) < 4.78 is 25.8. The lowest BCUT2D eigenvalue weighted by Crippen LogP contribution is -2.37. The monoisotopic (exact) mass is 260 g/mol. The van der Waals surface area contributed by atoms with Gasteiger partial charge in [-0.05, 0) is 38.8 Å². The van der Waals surface area contributed by atoms with Crippen molar-refractivity contribution < 1.29 is 8.42 Å². The van der Waals surface area contributed by atoms with Crippen molar-refractivity contribution in [2.75, 3.05) is 31.9 Å². The van der Waals surface area contributed by atoms with E-state index in [0.717, 1.165) is 45.4 Å². The fourth-order valence-electron chi connectivity index (χ4n) is 2.82. The first-order valence-corrected chi connectivity index (χ1v) is 8.46. The van der Waals surface area contributed by atoms with Gasteiger partial charge in [-0.1, -0.05) is 13.3 Å². The van der Waals surface area contributed by atoms with Gasteiger partial charge in [0.2, 0.25) is 10.0 Å². The van der Waals surface area contributed by atoms with Gasteiger partial charge in [0.1, 0.15) is 0 Å². The van der Waals surface area contributed by atoms with Gasteiger partial charge in [-0.3, -0.25) is 4.90 Å². The number of nitrogens with zero attached hydrogens (tertiary/aromatic N) is 2. The van der Waals surface area contributed by atoms with Crippen LogP contribution >= 0.6 is 0 Å². The molecular formula is C12H24N2O2S. The van der Waals surface area contributed by atoms with Crippen LogP contribution < -0.4 is 0 Å². The van der Waals surface area contributed by atoms with E-state index in [0.29, 0.717) is 11.8 Å². The second-order valence-corrected chi connectivity index (χ2v) is 7.30. The molecule has 2 saturated heterocycles. The predicted octanol–water partition coefficient (Wildman–Crippen LogP) is 1.29. The number of rotatable bonds is 5. The Kier molecular flexibility index (Phi) is 4.44. The summed E-state index contributed by atoms with van der Waals surface area (Å²) in [5, 5.41) is 0. The minimum atomic E-state index is -2.98. The van der Waals surface area contributed by atoms with Gasteiger partial charge in [-0.15, -0.1) is 0 Å². The van der Waals surface area contributed by atoms with Gasteiger partial charge in [-0.2, -0.15) is 0 Å². The van der Waals surface area contributed by atoms with Crippen LogP contribution in [0.5, 0.6) is 0 Å². The maximum atomic E-state index is 12.1. The fraction of sp³-hybridized carbons (Fsp3) is 1.00. The standard InChI is InChI=1S/C12H24N2O2S/c1-2-3-10-17(15,16)14-9-6-12(11-14)13-7-4-5-8-13/h12H,2-11H2,1H3. The molecule has 0 amide bonds. The normalized spacial score (nSPS) is 27.9. The Morgan fingerprint density at radius 1 is 1.18 bits per heavy atom. The molecule has 2 aliphatic heterocycles. The van der Waals surface area contributed by atoms with Crippen LogP contribution in [0.2, 0.25) is 0 Å². The highest BCUT2D eigenvalue weighted by Crippen LogP contribution is 2.22. The molecule has 17 heavy (non-hydrogen) atoms. The van der Waals surface area contributed by atoms with E-state index in [2.05, 4.69) is 4.90 Å². The number of hydrogen-bond donors (Lipinski definition) is 0. The zero-order valence-electron chi connectivity index (χ0n) is 10.8. The van der Waals surface area contributed by atoms with E-state index in [1.54, 1.807) is 4.31 Å². The third-order valence-electron chi connectivity index (χ3n) is 3.93. The molecule has 0 aromatic carbocycles. The van der Waals surface area contributed by atoms with E-state index < -0.39 is 10.0 Å². The van der Waals surface area contributed by atoms with E-state index in [-0.39, 0.29) is 0 Å². The molecule has 100 valence electrons. The molecule has 2 heterocycles. The summed E-state index contributed by atoms with van der Waals surface area (Å²) in [6, 6.07) is 0.480. The zero-order chi connectivity index (χ0) is 12.3. The van der Waals surface area contributed by atoms with Crippen molar-refractivity contribution in [1.29, 1.82) is 0 Å². The van der Waals surface area contributed by atoms with E-state index in [4.69, 9.17) is 0 Å². The lowest BCUT2D eigenvalue weighted by Gasteiger charge is -2.23. The molecule has 0 bridgehead atoms. The predicted molar refractivity (Wildman–Crippen MR) is 69.5 cm³/mol. The SMILES string of the molecule is CCCCS(=O)(=O)N1CCC(N2CCCC2)C1. The molecule has 0 aromatic rings. The van der Waals surface area contributed by atoms with Crippen LogP contribution in [-0.4, -0.2) is 55.6 Å². The third kappa shape index (κ3) is 3.20. The van der Waals surface area contributed by atoms with Gasteiger partial charge in [0.15, 0.2) is 0 Å². The molecular weight excluding hydrogens is 236 g/mol. The second kappa shape index (κ2) is 5.67. The molecule has 2 rings (SSSR count). The van der Waals surface area contributed by atoms with Gasteiger partial charge in [-0.25, -0.2) is 12.7 Å².